The third kappa shape index (κ3) is 5.78. The fourth-order valence-corrected chi connectivity index (χ4v) is 4.86. The van der Waals surface area contributed by atoms with Gasteiger partial charge in [0, 0.05) is 22.4 Å². The molecular weight excluding hydrogens is 474 g/mol. The van der Waals surface area contributed by atoms with E-state index in [-0.39, 0.29) is 22.3 Å². The number of allylic oxidation sites excluding steroid dienone is 2. The third-order valence-corrected chi connectivity index (χ3v) is 6.84. The van der Waals surface area contributed by atoms with Gasteiger partial charge in [-0.2, -0.15) is 13.2 Å². The zero-order valence-corrected chi connectivity index (χ0v) is 19.9. The molecule has 1 aliphatic carbocycles. The van der Waals surface area contributed by atoms with Crippen LogP contribution in [0.5, 0.6) is 0 Å². The quantitative estimate of drug-likeness (QED) is 0.190. The van der Waals surface area contributed by atoms with Gasteiger partial charge < -0.3 is 0 Å². The second kappa shape index (κ2) is 10.8. The van der Waals surface area contributed by atoms with Crippen LogP contribution in [0.2, 0.25) is 0 Å². The van der Waals surface area contributed by atoms with Crippen LogP contribution in [0.25, 0.3) is 21.9 Å². The first-order valence-electron chi connectivity index (χ1n) is 12.1. The first-order valence-corrected chi connectivity index (χ1v) is 12.1. The van der Waals surface area contributed by atoms with Gasteiger partial charge in [0.15, 0.2) is 0 Å². The molecule has 0 aliphatic heterocycles. The zero-order chi connectivity index (χ0) is 25.9. The lowest BCUT2D eigenvalue weighted by molar-refractivity contribution is -0.142. The Labute approximate surface area is 207 Å². The first-order chi connectivity index (χ1) is 17.2. The molecule has 0 amide bonds. The van der Waals surface area contributed by atoms with Crippen molar-refractivity contribution in [3.63, 3.8) is 0 Å². The van der Waals surface area contributed by atoms with Gasteiger partial charge in [-0.25, -0.2) is 13.2 Å². The number of halogens is 6. The Hall–Kier alpha value is -3.20. The van der Waals surface area contributed by atoms with E-state index in [9.17, 15) is 26.3 Å². The molecule has 0 bridgehead atoms. The summed E-state index contributed by atoms with van der Waals surface area (Å²) >= 11 is 0. The van der Waals surface area contributed by atoms with Gasteiger partial charge in [-0.3, -0.25) is 0 Å². The molecule has 0 nitrogen and oxygen atoms in total. The van der Waals surface area contributed by atoms with Crippen LogP contribution >= 0.6 is 0 Å². The van der Waals surface area contributed by atoms with E-state index >= 15 is 0 Å². The molecule has 0 unspecified atom stereocenters. The van der Waals surface area contributed by atoms with Crippen molar-refractivity contribution in [2.75, 3.05) is 0 Å². The highest BCUT2D eigenvalue weighted by molar-refractivity contribution is 5.88. The standard InChI is InChI=1S/C30H26F6/c1-2-3-4-5-19-6-8-20(9-7-19)10-11-21-12-14-24(26(31)16-21)22-13-15-25-23(17-22)18-27(32)28(29(25)33)30(34,35)36/h2-3,12-20H,4-9H2,1H3/b3-2+. The Morgan fingerprint density at radius 2 is 1.67 bits per heavy atom. The van der Waals surface area contributed by atoms with Crippen LogP contribution in [0, 0.1) is 41.1 Å². The summed E-state index contributed by atoms with van der Waals surface area (Å²) in [5.74, 6) is 3.39. The molecule has 0 N–H and O–H groups in total. The highest BCUT2D eigenvalue weighted by Gasteiger charge is 2.38. The predicted octanol–water partition coefficient (Wildman–Crippen LogP) is 9.46. The average Bonchev–Trinajstić information content (AvgIpc) is 2.82. The number of hydrogen-bond donors (Lipinski definition) is 0. The van der Waals surface area contributed by atoms with Gasteiger partial charge >= 0.3 is 6.18 Å². The minimum atomic E-state index is -5.16. The molecule has 0 atom stereocenters. The minimum Gasteiger partial charge on any atom is -0.206 e. The molecule has 0 aromatic heterocycles. The van der Waals surface area contributed by atoms with Crippen LogP contribution in [0.1, 0.15) is 56.6 Å². The fraction of sp³-hybridized carbons (Fsp3) is 0.333. The van der Waals surface area contributed by atoms with Crippen molar-refractivity contribution in [3.8, 4) is 23.0 Å². The van der Waals surface area contributed by atoms with Gasteiger partial charge in [0.25, 0.3) is 0 Å². The average molecular weight is 501 g/mol. The van der Waals surface area contributed by atoms with Crippen LogP contribution < -0.4 is 0 Å². The summed E-state index contributed by atoms with van der Waals surface area (Å²) < 4.78 is 82.3. The number of rotatable bonds is 4. The van der Waals surface area contributed by atoms with Gasteiger partial charge in [0.1, 0.15) is 23.0 Å². The van der Waals surface area contributed by atoms with E-state index in [1.165, 1.54) is 30.7 Å². The van der Waals surface area contributed by atoms with E-state index in [0.717, 1.165) is 44.1 Å². The topological polar surface area (TPSA) is 0 Å². The Bertz CT molecular complexity index is 1330. The van der Waals surface area contributed by atoms with Crippen LogP contribution in [-0.2, 0) is 6.18 Å². The molecule has 1 aliphatic rings. The van der Waals surface area contributed by atoms with Crippen molar-refractivity contribution in [1.29, 1.82) is 0 Å². The number of alkyl halides is 3. The molecule has 4 rings (SSSR count). The first kappa shape index (κ1) is 25.9. The molecular formula is C30H26F6. The number of fused-ring (bicyclic) bond motifs is 1. The molecule has 36 heavy (non-hydrogen) atoms. The smallest absolute Gasteiger partial charge is 0.206 e. The lowest BCUT2D eigenvalue weighted by Gasteiger charge is -2.25. The minimum absolute atomic E-state index is 0.0833. The van der Waals surface area contributed by atoms with Crippen LogP contribution in [0.15, 0.2) is 54.6 Å². The summed E-state index contributed by atoms with van der Waals surface area (Å²) in [4.78, 5) is 0. The Morgan fingerprint density at radius 1 is 0.917 bits per heavy atom. The third-order valence-electron chi connectivity index (χ3n) is 6.84. The van der Waals surface area contributed by atoms with Gasteiger partial charge in [-0.15, -0.1) is 0 Å². The van der Waals surface area contributed by atoms with Crippen molar-refractivity contribution in [2.45, 2.75) is 51.6 Å². The lowest BCUT2D eigenvalue weighted by atomic mass is 9.80. The van der Waals surface area contributed by atoms with E-state index in [0.29, 0.717) is 17.2 Å². The van der Waals surface area contributed by atoms with E-state index < -0.39 is 29.2 Å². The Morgan fingerprint density at radius 3 is 2.33 bits per heavy atom. The molecule has 3 aromatic carbocycles. The van der Waals surface area contributed by atoms with Gasteiger partial charge in [0.2, 0.25) is 0 Å². The van der Waals surface area contributed by atoms with E-state index in [4.69, 9.17) is 0 Å². The van der Waals surface area contributed by atoms with E-state index in [1.807, 2.05) is 6.92 Å². The van der Waals surface area contributed by atoms with Crippen molar-refractivity contribution >= 4 is 10.8 Å². The maximum atomic E-state index is 14.9. The van der Waals surface area contributed by atoms with E-state index in [2.05, 4.69) is 24.0 Å². The Balaban J connectivity index is 1.50. The normalized spacial score (nSPS) is 18.4. The molecule has 1 fully saturated rings. The van der Waals surface area contributed by atoms with Crippen molar-refractivity contribution in [1.82, 2.24) is 0 Å². The SMILES string of the molecule is C/C=C/CCC1CCC(C#Cc2ccc(-c3ccc4c(F)c(C(F)(F)F)c(F)cc4c3)c(F)c2)CC1. The van der Waals surface area contributed by atoms with Crippen LogP contribution in [-0.4, -0.2) is 0 Å². The summed E-state index contributed by atoms with van der Waals surface area (Å²) in [5, 5.41) is -0.466. The summed E-state index contributed by atoms with van der Waals surface area (Å²) in [6, 6.07) is 8.83. The number of hydrogen-bond acceptors (Lipinski definition) is 0. The maximum Gasteiger partial charge on any atom is 0.422 e. The maximum absolute atomic E-state index is 14.9. The molecule has 0 radical (unpaired) electrons. The monoisotopic (exact) mass is 500 g/mol. The Kier molecular flexibility index (Phi) is 7.78. The van der Waals surface area contributed by atoms with Gasteiger partial charge in [-0.05, 0) is 86.6 Å². The zero-order valence-electron chi connectivity index (χ0n) is 19.9. The van der Waals surface area contributed by atoms with Gasteiger partial charge in [0.05, 0.1) is 0 Å². The fourth-order valence-electron chi connectivity index (χ4n) is 4.86. The lowest BCUT2D eigenvalue weighted by Crippen LogP contribution is -2.13. The van der Waals surface area contributed by atoms with Crippen LogP contribution in [0.3, 0.4) is 0 Å². The predicted molar refractivity (Wildman–Crippen MR) is 131 cm³/mol. The second-order valence-electron chi connectivity index (χ2n) is 9.31. The molecule has 0 heterocycles. The second-order valence-corrected chi connectivity index (χ2v) is 9.31. The highest BCUT2D eigenvalue weighted by Crippen LogP contribution is 2.38. The molecule has 6 heteroatoms. The molecule has 1 saturated carbocycles. The van der Waals surface area contributed by atoms with Crippen molar-refractivity contribution in [2.24, 2.45) is 11.8 Å². The summed E-state index contributed by atoms with van der Waals surface area (Å²) in [6.07, 6.45) is 5.80. The largest absolute Gasteiger partial charge is 0.422 e. The molecule has 0 spiro atoms. The molecule has 188 valence electrons. The van der Waals surface area contributed by atoms with Crippen molar-refractivity contribution < 1.29 is 26.3 Å². The highest BCUT2D eigenvalue weighted by atomic mass is 19.4. The number of benzene rings is 3. The van der Waals surface area contributed by atoms with Gasteiger partial charge in [-0.1, -0.05) is 42.2 Å². The molecule has 0 saturated heterocycles. The van der Waals surface area contributed by atoms with Crippen molar-refractivity contribution in [3.05, 3.63) is 83.2 Å². The summed E-state index contributed by atoms with van der Waals surface area (Å²) in [6.45, 7) is 2.03. The summed E-state index contributed by atoms with van der Waals surface area (Å²) in [7, 11) is 0. The van der Waals surface area contributed by atoms with Crippen LogP contribution in [0.4, 0.5) is 26.3 Å². The molecule has 3 aromatic rings. The summed E-state index contributed by atoms with van der Waals surface area (Å²) in [5.41, 5.74) is -0.933. The van der Waals surface area contributed by atoms with E-state index in [1.54, 1.807) is 6.07 Å².